The second kappa shape index (κ2) is 7.12. The topological polar surface area (TPSA) is 76.8 Å². The lowest BCUT2D eigenvalue weighted by Crippen LogP contribution is -2.37. The van der Waals surface area contributed by atoms with Crippen molar-refractivity contribution < 1.29 is 0 Å². The molecule has 8 heteroatoms. The van der Waals surface area contributed by atoms with E-state index in [1.807, 2.05) is 17.5 Å². The largest absolute Gasteiger partial charge is 0.351 e. The number of aromatic nitrogens is 5. The molecule has 4 aromatic rings. The Balaban J connectivity index is 1.47. The van der Waals surface area contributed by atoms with E-state index in [-0.39, 0.29) is 11.6 Å². The van der Waals surface area contributed by atoms with Gasteiger partial charge < -0.3 is 4.90 Å². The SMILES string of the molecule is O=c1ccc(-c2ccncc2)nn1CC1CCCN1c1ncnc2sccc12. The first-order valence-corrected chi connectivity index (χ1v) is 10.1. The van der Waals surface area contributed by atoms with Gasteiger partial charge in [0.2, 0.25) is 0 Å². The van der Waals surface area contributed by atoms with Gasteiger partial charge in [0.25, 0.3) is 5.56 Å². The normalized spacial score (nSPS) is 16.7. The summed E-state index contributed by atoms with van der Waals surface area (Å²) in [5, 5.41) is 7.72. The Hall–Kier alpha value is -3.13. The molecule has 1 aliphatic heterocycles. The molecule has 1 unspecified atom stereocenters. The van der Waals surface area contributed by atoms with Crippen molar-refractivity contribution in [3.63, 3.8) is 0 Å². The highest BCUT2D eigenvalue weighted by atomic mass is 32.1. The van der Waals surface area contributed by atoms with Crippen molar-refractivity contribution in [2.24, 2.45) is 0 Å². The number of fused-ring (bicyclic) bond motifs is 1. The Morgan fingerprint density at radius 1 is 1.11 bits per heavy atom. The van der Waals surface area contributed by atoms with Crippen LogP contribution >= 0.6 is 11.3 Å². The lowest BCUT2D eigenvalue weighted by Gasteiger charge is -2.26. The van der Waals surface area contributed by atoms with Crippen molar-refractivity contribution in [2.45, 2.75) is 25.4 Å². The predicted molar refractivity (Wildman–Crippen MR) is 110 cm³/mol. The van der Waals surface area contributed by atoms with Gasteiger partial charge >= 0.3 is 0 Å². The van der Waals surface area contributed by atoms with Gasteiger partial charge in [-0.1, -0.05) is 0 Å². The van der Waals surface area contributed by atoms with Gasteiger partial charge in [-0.2, -0.15) is 5.10 Å². The molecule has 5 heterocycles. The molecule has 4 aromatic heterocycles. The van der Waals surface area contributed by atoms with Gasteiger partial charge in [0.15, 0.2) is 0 Å². The lowest BCUT2D eigenvalue weighted by molar-refractivity contribution is 0.489. The summed E-state index contributed by atoms with van der Waals surface area (Å²) in [4.78, 5) is 28.7. The van der Waals surface area contributed by atoms with E-state index in [0.717, 1.165) is 46.7 Å². The molecule has 1 fully saturated rings. The van der Waals surface area contributed by atoms with E-state index in [4.69, 9.17) is 0 Å². The van der Waals surface area contributed by atoms with Crippen LogP contribution in [0.15, 0.2) is 59.2 Å². The predicted octanol–water partition coefficient (Wildman–Crippen LogP) is 2.98. The first-order valence-electron chi connectivity index (χ1n) is 9.23. The van der Waals surface area contributed by atoms with E-state index < -0.39 is 0 Å². The maximum atomic E-state index is 12.5. The summed E-state index contributed by atoms with van der Waals surface area (Å²) < 4.78 is 1.57. The lowest BCUT2D eigenvalue weighted by atomic mass is 10.2. The minimum Gasteiger partial charge on any atom is -0.351 e. The Bertz CT molecular complexity index is 1170. The van der Waals surface area contributed by atoms with Crippen LogP contribution in [-0.4, -0.2) is 37.3 Å². The molecule has 140 valence electrons. The third-order valence-corrected chi connectivity index (χ3v) is 5.94. The zero-order valence-electron chi connectivity index (χ0n) is 15.1. The summed E-state index contributed by atoms with van der Waals surface area (Å²) in [5.41, 5.74) is 1.63. The van der Waals surface area contributed by atoms with Crippen molar-refractivity contribution >= 4 is 27.4 Å². The van der Waals surface area contributed by atoms with E-state index in [9.17, 15) is 4.79 Å². The van der Waals surface area contributed by atoms with Crippen LogP contribution in [-0.2, 0) is 6.54 Å². The molecule has 1 aliphatic rings. The molecule has 5 rings (SSSR count). The third-order valence-electron chi connectivity index (χ3n) is 5.12. The Morgan fingerprint density at radius 2 is 2.00 bits per heavy atom. The molecular formula is C20H18N6OS. The molecule has 28 heavy (non-hydrogen) atoms. The summed E-state index contributed by atoms with van der Waals surface area (Å²) in [7, 11) is 0. The van der Waals surface area contributed by atoms with Crippen molar-refractivity contribution in [3.05, 3.63) is 64.8 Å². The summed E-state index contributed by atoms with van der Waals surface area (Å²) in [6, 6.07) is 9.39. The van der Waals surface area contributed by atoms with Gasteiger partial charge in [0, 0.05) is 30.6 Å². The van der Waals surface area contributed by atoms with Crippen LogP contribution in [0.25, 0.3) is 21.5 Å². The quantitative estimate of drug-likeness (QED) is 0.533. The van der Waals surface area contributed by atoms with Crippen molar-refractivity contribution in [1.82, 2.24) is 24.7 Å². The monoisotopic (exact) mass is 390 g/mol. The van der Waals surface area contributed by atoms with Gasteiger partial charge in [-0.15, -0.1) is 11.3 Å². The molecule has 0 amide bonds. The number of hydrogen-bond donors (Lipinski definition) is 0. The second-order valence-electron chi connectivity index (χ2n) is 6.80. The zero-order valence-corrected chi connectivity index (χ0v) is 15.9. The minimum absolute atomic E-state index is 0.0898. The van der Waals surface area contributed by atoms with Crippen LogP contribution < -0.4 is 10.5 Å². The average Bonchev–Trinajstić information content (AvgIpc) is 3.39. The van der Waals surface area contributed by atoms with Crippen LogP contribution in [0.2, 0.25) is 0 Å². The maximum Gasteiger partial charge on any atom is 0.266 e. The number of rotatable bonds is 4. The van der Waals surface area contributed by atoms with E-state index in [2.05, 4.69) is 31.0 Å². The van der Waals surface area contributed by atoms with E-state index >= 15 is 0 Å². The number of pyridine rings is 1. The third kappa shape index (κ3) is 3.05. The fourth-order valence-electron chi connectivity index (χ4n) is 3.77. The molecule has 0 saturated carbocycles. The second-order valence-corrected chi connectivity index (χ2v) is 7.70. The number of nitrogens with zero attached hydrogens (tertiary/aromatic N) is 6. The van der Waals surface area contributed by atoms with Gasteiger partial charge in [0.05, 0.1) is 23.7 Å². The van der Waals surface area contributed by atoms with E-state index in [0.29, 0.717) is 6.54 Å². The van der Waals surface area contributed by atoms with Crippen molar-refractivity contribution in [3.8, 4) is 11.3 Å². The van der Waals surface area contributed by atoms with Crippen LogP contribution in [0.3, 0.4) is 0 Å². The molecular weight excluding hydrogens is 372 g/mol. The van der Waals surface area contributed by atoms with Gasteiger partial charge in [-0.25, -0.2) is 14.6 Å². The van der Waals surface area contributed by atoms with E-state index in [1.165, 1.54) is 0 Å². The molecule has 1 atom stereocenters. The van der Waals surface area contributed by atoms with E-state index in [1.54, 1.807) is 46.9 Å². The number of thiophene rings is 1. The standard InChI is InChI=1S/C20H18N6OS/c27-18-4-3-17(14-5-8-21-9-6-14)24-26(18)12-15-2-1-10-25(15)19-16-7-11-28-20(16)23-13-22-19/h3-9,11,13,15H,1-2,10,12H2. The first-order chi connectivity index (χ1) is 13.8. The zero-order chi connectivity index (χ0) is 18.9. The first kappa shape index (κ1) is 17.0. The summed E-state index contributed by atoms with van der Waals surface area (Å²) in [6.45, 7) is 1.46. The van der Waals surface area contributed by atoms with Crippen LogP contribution in [0.1, 0.15) is 12.8 Å². The molecule has 0 N–H and O–H groups in total. The average molecular weight is 390 g/mol. The number of anilines is 1. The Morgan fingerprint density at radius 3 is 2.89 bits per heavy atom. The molecule has 0 bridgehead atoms. The summed E-state index contributed by atoms with van der Waals surface area (Å²) in [5.74, 6) is 0.951. The highest BCUT2D eigenvalue weighted by molar-refractivity contribution is 7.16. The Kier molecular flexibility index (Phi) is 4.32. The number of hydrogen-bond acceptors (Lipinski definition) is 7. The van der Waals surface area contributed by atoms with Gasteiger partial charge in [-0.05, 0) is 42.5 Å². The molecule has 0 radical (unpaired) electrons. The summed E-state index contributed by atoms with van der Waals surface area (Å²) in [6.07, 6.45) is 7.15. The summed E-state index contributed by atoms with van der Waals surface area (Å²) >= 11 is 1.62. The minimum atomic E-state index is -0.0898. The maximum absolute atomic E-state index is 12.5. The van der Waals surface area contributed by atoms with Gasteiger partial charge in [-0.3, -0.25) is 9.78 Å². The fraction of sp³-hybridized carbons (Fsp3) is 0.250. The smallest absolute Gasteiger partial charge is 0.266 e. The highest BCUT2D eigenvalue weighted by Gasteiger charge is 2.28. The molecule has 7 nitrogen and oxygen atoms in total. The Labute approximate surface area is 165 Å². The molecule has 1 saturated heterocycles. The fourth-order valence-corrected chi connectivity index (χ4v) is 4.49. The molecule has 0 spiro atoms. The van der Waals surface area contributed by atoms with Crippen LogP contribution in [0.4, 0.5) is 5.82 Å². The van der Waals surface area contributed by atoms with Gasteiger partial charge in [0.1, 0.15) is 17.0 Å². The molecule has 0 aliphatic carbocycles. The van der Waals surface area contributed by atoms with Crippen molar-refractivity contribution in [1.29, 1.82) is 0 Å². The van der Waals surface area contributed by atoms with Crippen LogP contribution in [0.5, 0.6) is 0 Å². The molecule has 0 aromatic carbocycles. The highest BCUT2D eigenvalue weighted by Crippen LogP contribution is 2.32. The van der Waals surface area contributed by atoms with Crippen molar-refractivity contribution in [2.75, 3.05) is 11.4 Å². The van der Waals surface area contributed by atoms with Crippen LogP contribution in [0, 0.1) is 0 Å².